The van der Waals surface area contributed by atoms with Gasteiger partial charge in [-0.1, -0.05) is 24.3 Å². The van der Waals surface area contributed by atoms with E-state index in [2.05, 4.69) is 49.2 Å². The fourth-order valence-corrected chi connectivity index (χ4v) is 4.06. The molecule has 0 fully saturated rings. The first kappa shape index (κ1) is 21.9. The van der Waals surface area contributed by atoms with Crippen molar-refractivity contribution in [2.24, 2.45) is 0 Å². The van der Waals surface area contributed by atoms with Crippen molar-refractivity contribution < 1.29 is 9.59 Å². The SMILES string of the molecule is CCN(c1ccc(C(=O)NCCCC(=O)N2CCc3ccccc3C2)cc1)C(C)C. The lowest BCUT2D eigenvalue weighted by atomic mass is 9.99. The second-order valence-corrected chi connectivity index (χ2v) is 8.12. The quantitative estimate of drug-likeness (QED) is 0.673. The number of amides is 2. The summed E-state index contributed by atoms with van der Waals surface area (Å²) in [4.78, 5) is 29.1. The van der Waals surface area contributed by atoms with Gasteiger partial charge in [0, 0.05) is 49.9 Å². The highest BCUT2D eigenvalue weighted by atomic mass is 16.2. The number of anilines is 1. The second-order valence-electron chi connectivity index (χ2n) is 8.12. The van der Waals surface area contributed by atoms with Crippen molar-refractivity contribution in [3.05, 3.63) is 65.2 Å². The lowest BCUT2D eigenvalue weighted by Gasteiger charge is -2.29. The van der Waals surface area contributed by atoms with Crippen LogP contribution in [0.4, 0.5) is 5.69 Å². The molecule has 2 aromatic carbocycles. The molecule has 5 nitrogen and oxygen atoms in total. The number of benzene rings is 2. The molecule has 1 aliphatic heterocycles. The number of carbonyl (C=O) groups is 2. The third kappa shape index (κ3) is 5.41. The maximum Gasteiger partial charge on any atom is 0.251 e. The van der Waals surface area contributed by atoms with E-state index in [1.54, 1.807) is 0 Å². The van der Waals surface area contributed by atoms with Crippen LogP contribution in [0, 0.1) is 0 Å². The Hall–Kier alpha value is -2.82. The van der Waals surface area contributed by atoms with E-state index in [1.165, 1.54) is 11.1 Å². The smallest absolute Gasteiger partial charge is 0.251 e. The maximum atomic E-state index is 12.5. The van der Waals surface area contributed by atoms with E-state index in [0.29, 0.717) is 37.5 Å². The van der Waals surface area contributed by atoms with Crippen molar-refractivity contribution in [1.29, 1.82) is 0 Å². The van der Waals surface area contributed by atoms with Gasteiger partial charge >= 0.3 is 0 Å². The zero-order valence-corrected chi connectivity index (χ0v) is 18.4. The van der Waals surface area contributed by atoms with E-state index in [0.717, 1.165) is 25.2 Å². The standard InChI is InChI=1S/C25H33N3O2/c1-4-28(19(2)3)23-13-11-21(12-14-23)25(30)26-16-7-10-24(29)27-17-15-20-8-5-6-9-22(20)18-27/h5-6,8-9,11-14,19H,4,7,10,15-18H2,1-3H3,(H,26,30). The van der Waals surface area contributed by atoms with E-state index >= 15 is 0 Å². The Balaban J connectivity index is 1.42. The third-order valence-electron chi connectivity index (χ3n) is 5.76. The summed E-state index contributed by atoms with van der Waals surface area (Å²) in [5.74, 6) is 0.0740. The minimum atomic E-state index is -0.0894. The summed E-state index contributed by atoms with van der Waals surface area (Å²) in [5.41, 5.74) is 4.36. The molecule has 0 saturated heterocycles. The summed E-state index contributed by atoms with van der Waals surface area (Å²) in [6, 6.07) is 16.5. The monoisotopic (exact) mass is 407 g/mol. The molecule has 0 bridgehead atoms. The average molecular weight is 408 g/mol. The summed E-state index contributed by atoms with van der Waals surface area (Å²) in [5, 5.41) is 2.94. The van der Waals surface area contributed by atoms with Crippen LogP contribution in [-0.4, -0.2) is 42.4 Å². The van der Waals surface area contributed by atoms with Crippen LogP contribution >= 0.6 is 0 Å². The van der Waals surface area contributed by atoms with Crippen molar-refractivity contribution in [3.8, 4) is 0 Å². The van der Waals surface area contributed by atoms with Crippen LogP contribution in [0.2, 0.25) is 0 Å². The van der Waals surface area contributed by atoms with Crippen LogP contribution in [0.25, 0.3) is 0 Å². The highest BCUT2D eigenvalue weighted by molar-refractivity contribution is 5.94. The lowest BCUT2D eigenvalue weighted by Crippen LogP contribution is -2.36. The third-order valence-corrected chi connectivity index (χ3v) is 5.76. The molecule has 5 heteroatoms. The Morgan fingerprint density at radius 3 is 2.43 bits per heavy atom. The Morgan fingerprint density at radius 2 is 1.77 bits per heavy atom. The number of hydrogen-bond acceptors (Lipinski definition) is 3. The predicted octanol–water partition coefficient (Wildman–Crippen LogP) is 4.02. The van der Waals surface area contributed by atoms with Gasteiger partial charge in [0.05, 0.1) is 0 Å². The molecule has 0 spiro atoms. The van der Waals surface area contributed by atoms with Gasteiger partial charge < -0.3 is 15.1 Å². The van der Waals surface area contributed by atoms with Crippen LogP contribution in [0.15, 0.2) is 48.5 Å². The number of rotatable bonds is 8. The minimum absolute atomic E-state index is 0.0894. The highest BCUT2D eigenvalue weighted by Crippen LogP contribution is 2.20. The molecular formula is C25H33N3O2. The zero-order valence-electron chi connectivity index (χ0n) is 18.4. The fraction of sp³-hybridized carbons (Fsp3) is 0.440. The molecule has 1 N–H and O–H groups in total. The van der Waals surface area contributed by atoms with Gasteiger partial charge in [0.25, 0.3) is 5.91 Å². The minimum Gasteiger partial charge on any atom is -0.369 e. The van der Waals surface area contributed by atoms with Gasteiger partial charge in [-0.05, 0) is 69.0 Å². The first-order chi connectivity index (χ1) is 14.5. The molecule has 0 unspecified atom stereocenters. The Labute approximate surface area is 180 Å². The van der Waals surface area contributed by atoms with Gasteiger partial charge in [0.15, 0.2) is 0 Å². The molecule has 2 aromatic rings. The van der Waals surface area contributed by atoms with Crippen molar-refractivity contribution in [3.63, 3.8) is 0 Å². The summed E-state index contributed by atoms with van der Waals surface area (Å²) in [7, 11) is 0. The second kappa shape index (κ2) is 10.3. The molecule has 1 heterocycles. The van der Waals surface area contributed by atoms with Gasteiger partial charge in [-0.2, -0.15) is 0 Å². The molecule has 0 aliphatic carbocycles. The molecular weight excluding hydrogens is 374 g/mol. The van der Waals surface area contributed by atoms with Gasteiger partial charge in [-0.15, -0.1) is 0 Å². The van der Waals surface area contributed by atoms with Crippen LogP contribution in [0.5, 0.6) is 0 Å². The molecule has 160 valence electrons. The Bertz CT molecular complexity index is 861. The van der Waals surface area contributed by atoms with Crippen LogP contribution in [0.3, 0.4) is 0 Å². The van der Waals surface area contributed by atoms with E-state index in [9.17, 15) is 9.59 Å². The normalized spacial score (nSPS) is 13.1. The van der Waals surface area contributed by atoms with Crippen LogP contribution in [0.1, 0.15) is 55.1 Å². The largest absolute Gasteiger partial charge is 0.369 e. The van der Waals surface area contributed by atoms with E-state index in [4.69, 9.17) is 0 Å². The first-order valence-electron chi connectivity index (χ1n) is 11.0. The fourth-order valence-electron chi connectivity index (χ4n) is 4.06. The van der Waals surface area contributed by atoms with Crippen molar-refractivity contribution in [2.75, 3.05) is 24.5 Å². The van der Waals surface area contributed by atoms with E-state index in [1.807, 2.05) is 35.2 Å². The molecule has 0 atom stereocenters. The average Bonchev–Trinajstić information content (AvgIpc) is 2.76. The Kier molecular flexibility index (Phi) is 7.50. The predicted molar refractivity (Wildman–Crippen MR) is 122 cm³/mol. The number of fused-ring (bicyclic) bond motifs is 1. The summed E-state index contributed by atoms with van der Waals surface area (Å²) in [6.45, 7) is 9.36. The first-order valence-corrected chi connectivity index (χ1v) is 11.0. The molecule has 3 rings (SSSR count). The van der Waals surface area contributed by atoms with Crippen molar-refractivity contribution in [1.82, 2.24) is 10.2 Å². The lowest BCUT2D eigenvalue weighted by molar-refractivity contribution is -0.132. The molecule has 0 saturated carbocycles. The molecule has 2 amide bonds. The zero-order chi connectivity index (χ0) is 21.5. The van der Waals surface area contributed by atoms with Crippen LogP contribution in [-0.2, 0) is 17.8 Å². The number of nitrogens with zero attached hydrogens (tertiary/aromatic N) is 2. The van der Waals surface area contributed by atoms with E-state index < -0.39 is 0 Å². The maximum absolute atomic E-state index is 12.5. The Morgan fingerprint density at radius 1 is 1.07 bits per heavy atom. The summed E-state index contributed by atoms with van der Waals surface area (Å²) < 4.78 is 0. The number of nitrogens with one attached hydrogen (secondary N) is 1. The topological polar surface area (TPSA) is 52.7 Å². The number of carbonyl (C=O) groups excluding carboxylic acids is 2. The molecule has 30 heavy (non-hydrogen) atoms. The van der Waals surface area contributed by atoms with Gasteiger partial charge in [-0.3, -0.25) is 9.59 Å². The van der Waals surface area contributed by atoms with Crippen molar-refractivity contribution in [2.45, 2.75) is 52.6 Å². The van der Waals surface area contributed by atoms with Gasteiger partial charge in [0.2, 0.25) is 5.91 Å². The number of hydrogen-bond donors (Lipinski definition) is 1. The molecule has 0 aromatic heterocycles. The van der Waals surface area contributed by atoms with E-state index in [-0.39, 0.29) is 11.8 Å². The van der Waals surface area contributed by atoms with Crippen LogP contribution < -0.4 is 10.2 Å². The van der Waals surface area contributed by atoms with Gasteiger partial charge in [0.1, 0.15) is 0 Å². The molecule has 1 aliphatic rings. The summed E-state index contributed by atoms with van der Waals surface area (Å²) in [6.07, 6.45) is 2.03. The molecule has 0 radical (unpaired) electrons. The van der Waals surface area contributed by atoms with Gasteiger partial charge in [-0.25, -0.2) is 0 Å². The van der Waals surface area contributed by atoms with Crippen molar-refractivity contribution >= 4 is 17.5 Å². The summed E-state index contributed by atoms with van der Waals surface area (Å²) >= 11 is 0. The highest BCUT2D eigenvalue weighted by Gasteiger charge is 2.19.